The molecule has 0 saturated heterocycles. The molecule has 0 radical (unpaired) electrons. The van der Waals surface area contributed by atoms with Gasteiger partial charge in [-0.05, 0) is 30.0 Å². The third-order valence-electron chi connectivity index (χ3n) is 4.78. The predicted molar refractivity (Wildman–Crippen MR) is 107 cm³/mol. The van der Waals surface area contributed by atoms with Crippen molar-refractivity contribution in [1.29, 1.82) is 0 Å². The molecule has 0 spiro atoms. The second kappa shape index (κ2) is 7.34. The molecule has 5 heteroatoms. The van der Waals surface area contributed by atoms with Crippen molar-refractivity contribution >= 4 is 39.9 Å². The number of rotatable bonds is 3. The van der Waals surface area contributed by atoms with Gasteiger partial charge in [-0.1, -0.05) is 42.5 Å². The van der Waals surface area contributed by atoms with Crippen molar-refractivity contribution in [2.24, 2.45) is 0 Å². The first-order valence-electron chi connectivity index (χ1n) is 8.82. The van der Waals surface area contributed by atoms with Crippen molar-refractivity contribution in [3.8, 4) is 0 Å². The number of alkyl halides is 1. The highest BCUT2D eigenvalue weighted by atomic mass is 35.5. The van der Waals surface area contributed by atoms with Gasteiger partial charge in [0.25, 0.3) is 0 Å². The van der Waals surface area contributed by atoms with E-state index in [1.807, 2.05) is 30.3 Å². The third kappa shape index (κ3) is 3.37. The monoisotopic (exact) mass is 365 g/mol. The van der Waals surface area contributed by atoms with E-state index in [0.717, 1.165) is 48.3 Å². The molecule has 1 aromatic heterocycles. The smallest absolute Gasteiger partial charge is 0.239 e. The first-order valence-corrected chi connectivity index (χ1v) is 9.35. The lowest BCUT2D eigenvalue weighted by Crippen LogP contribution is -2.24. The number of pyridine rings is 1. The fourth-order valence-electron chi connectivity index (χ4n) is 3.51. The maximum Gasteiger partial charge on any atom is 0.239 e. The third-order valence-corrected chi connectivity index (χ3v) is 5.02. The van der Waals surface area contributed by atoms with Gasteiger partial charge in [0.2, 0.25) is 5.91 Å². The Morgan fingerprint density at radius 3 is 2.73 bits per heavy atom. The first kappa shape index (κ1) is 16.9. The lowest BCUT2D eigenvalue weighted by molar-refractivity contribution is -0.113. The van der Waals surface area contributed by atoms with Crippen molar-refractivity contribution in [2.45, 2.75) is 19.4 Å². The molecule has 3 aromatic rings. The Hall–Kier alpha value is -2.59. The average Bonchev–Trinajstić information content (AvgIpc) is 2.90. The van der Waals surface area contributed by atoms with Gasteiger partial charge in [-0.3, -0.25) is 4.79 Å². The van der Waals surface area contributed by atoms with Crippen molar-refractivity contribution < 1.29 is 4.79 Å². The summed E-state index contributed by atoms with van der Waals surface area (Å²) in [6.45, 7) is 1.76. The highest BCUT2D eigenvalue weighted by Gasteiger charge is 2.17. The summed E-state index contributed by atoms with van der Waals surface area (Å²) in [5.41, 5.74) is 4.37. The van der Waals surface area contributed by atoms with Crippen LogP contribution in [0, 0.1) is 0 Å². The molecule has 4 rings (SSSR count). The molecule has 1 amide bonds. The normalized spacial score (nSPS) is 14.0. The van der Waals surface area contributed by atoms with Crippen molar-refractivity contribution in [3.05, 3.63) is 65.7 Å². The molecule has 0 bridgehead atoms. The number of hydrogen-bond acceptors (Lipinski definition) is 3. The van der Waals surface area contributed by atoms with Crippen LogP contribution in [0.4, 0.5) is 11.5 Å². The summed E-state index contributed by atoms with van der Waals surface area (Å²) in [7, 11) is 0. The van der Waals surface area contributed by atoms with E-state index in [0.29, 0.717) is 0 Å². The largest absolute Gasteiger partial charge is 0.352 e. The van der Waals surface area contributed by atoms with Crippen molar-refractivity contribution in [3.63, 3.8) is 0 Å². The summed E-state index contributed by atoms with van der Waals surface area (Å²) in [4.78, 5) is 19.0. The van der Waals surface area contributed by atoms with Crippen LogP contribution >= 0.6 is 11.6 Å². The number of benzene rings is 2. The van der Waals surface area contributed by atoms with Gasteiger partial charge in [0.05, 0.1) is 11.2 Å². The van der Waals surface area contributed by atoms with Crippen LogP contribution < -0.4 is 10.2 Å². The fraction of sp³-hybridized carbons (Fsp3) is 0.238. The van der Waals surface area contributed by atoms with Crippen LogP contribution in [0.3, 0.4) is 0 Å². The molecule has 0 unspecified atom stereocenters. The maximum absolute atomic E-state index is 11.9. The minimum atomic E-state index is -0.213. The van der Waals surface area contributed by atoms with Crippen LogP contribution in [0.5, 0.6) is 0 Å². The van der Waals surface area contributed by atoms with E-state index in [2.05, 4.69) is 34.5 Å². The Labute approximate surface area is 157 Å². The summed E-state index contributed by atoms with van der Waals surface area (Å²) in [6.07, 6.45) is 2.16. The molecule has 26 heavy (non-hydrogen) atoms. The van der Waals surface area contributed by atoms with Gasteiger partial charge < -0.3 is 10.2 Å². The molecule has 132 valence electrons. The Bertz CT molecular complexity index is 957. The maximum atomic E-state index is 11.9. The second-order valence-electron chi connectivity index (χ2n) is 6.52. The molecule has 0 atom stereocenters. The molecule has 2 aromatic carbocycles. The highest BCUT2D eigenvalue weighted by Crippen LogP contribution is 2.29. The number of anilines is 2. The van der Waals surface area contributed by atoms with E-state index in [4.69, 9.17) is 16.6 Å². The van der Waals surface area contributed by atoms with Gasteiger partial charge >= 0.3 is 0 Å². The summed E-state index contributed by atoms with van der Waals surface area (Å²) in [5.74, 6) is 0.601. The van der Waals surface area contributed by atoms with Crippen LogP contribution in [-0.4, -0.2) is 23.3 Å². The zero-order valence-corrected chi connectivity index (χ0v) is 15.2. The topological polar surface area (TPSA) is 45.2 Å². The van der Waals surface area contributed by atoms with Crippen LogP contribution in [0.2, 0.25) is 0 Å². The fourth-order valence-corrected chi connectivity index (χ4v) is 3.57. The molecule has 1 N–H and O–H groups in total. The molecular weight excluding hydrogens is 346 g/mol. The van der Waals surface area contributed by atoms with Gasteiger partial charge in [-0.2, -0.15) is 0 Å². The molecule has 2 heterocycles. The van der Waals surface area contributed by atoms with E-state index in [-0.39, 0.29) is 11.8 Å². The Balaban J connectivity index is 1.75. The standard InChI is InChI=1S/C21H20ClN3O/c22-13-21(26)24-19-12-20(23-18-10-4-3-9-17(18)19)25-11-5-8-15-6-1-2-7-16(15)14-25/h1-4,6-7,9-10,12H,5,8,11,13-14H2,(H,23,24,26). The number of amides is 1. The number of nitrogens with zero attached hydrogens (tertiary/aromatic N) is 2. The summed E-state index contributed by atoms with van der Waals surface area (Å²) < 4.78 is 0. The van der Waals surface area contributed by atoms with Gasteiger partial charge in [-0.15, -0.1) is 11.6 Å². The van der Waals surface area contributed by atoms with E-state index in [9.17, 15) is 4.79 Å². The minimum absolute atomic E-state index is 0.0664. The van der Waals surface area contributed by atoms with Crippen LogP contribution in [-0.2, 0) is 17.8 Å². The Morgan fingerprint density at radius 2 is 1.88 bits per heavy atom. The minimum Gasteiger partial charge on any atom is -0.352 e. The Kier molecular flexibility index (Phi) is 4.76. The number of halogens is 1. The van der Waals surface area contributed by atoms with E-state index in [1.54, 1.807) is 0 Å². The van der Waals surface area contributed by atoms with Gasteiger partial charge in [0.15, 0.2) is 0 Å². The number of fused-ring (bicyclic) bond motifs is 2. The summed E-state index contributed by atoms with van der Waals surface area (Å²) in [6, 6.07) is 18.4. The number of aromatic nitrogens is 1. The van der Waals surface area contributed by atoms with E-state index >= 15 is 0 Å². The van der Waals surface area contributed by atoms with Crippen molar-refractivity contribution in [1.82, 2.24) is 4.98 Å². The summed E-state index contributed by atoms with van der Waals surface area (Å²) >= 11 is 5.68. The molecule has 0 saturated carbocycles. The average molecular weight is 366 g/mol. The second-order valence-corrected chi connectivity index (χ2v) is 6.79. The van der Waals surface area contributed by atoms with Crippen LogP contribution in [0.1, 0.15) is 17.5 Å². The molecule has 4 nitrogen and oxygen atoms in total. The highest BCUT2D eigenvalue weighted by molar-refractivity contribution is 6.29. The van der Waals surface area contributed by atoms with Gasteiger partial charge in [-0.25, -0.2) is 4.98 Å². The number of carbonyl (C=O) groups excluding carboxylic acids is 1. The Morgan fingerprint density at radius 1 is 1.12 bits per heavy atom. The molecular formula is C21H20ClN3O. The predicted octanol–water partition coefficient (Wildman–Crippen LogP) is 4.36. The zero-order chi connectivity index (χ0) is 17.9. The van der Waals surface area contributed by atoms with Gasteiger partial charge in [0.1, 0.15) is 11.7 Å². The van der Waals surface area contributed by atoms with Gasteiger partial charge in [0, 0.05) is 24.5 Å². The van der Waals surface area contributed by atoms with E-state index < -0.39 is 0 Å². The number of para-hydroxylation sites is 1. The lowest BCUT2D eigenvalue weighted by atomic mass is 10.0. The SMILES string of the molecule is O=C(CCl)Nc1cc(N2CCCc3ccccc3C2)nc2ccccc12. The lowest BCUT2D eigenvalue weighted by Gasteiger charge is -2.23. The molecule has 1 aliphatic rings. The number of aryl methyl sites for hydroxylation is 1. The number of nitrogens with one attached hydrogen (secondary N) is 1. The van der Waals surface area contributed by atoms with Crippen molar-refractivity contribution in [2.75, 3.05) is 22.6 Å². The zero-order valence-electron chi connectivity index (χ0n) is 14.4. The van der Waals surface area contributed by atoms with Crippen LogP contribution in [0.15, 0.2) is 54.6 Å². The number of hydrogen-bond donors (Lipinski definition) is 1. The molecule has 0 fully saturated rings. The number of carbonyl (C=O) groups is 1. The molecule has 0 aliphatic carbocycles. The van der Waals surface area contributed by atoms with E-state index in [1.165, 1.54) is 11.1 Å². The molecule has 1 aliphatic heterocycles. The quantitative estimate of drug-likeness (QED) is 0.701. The van der Waals surface area contributed by atoms with Crippen LogP contribution in [0.25, 0.3) is 10.9 Å². The summed E-state index contributed by atoms with van der Waals surface area (Å²) in [5, 5.41) is 3.83. The first-order chi connectivity index (χ1) is 12.7.